The molecule has 10 heteroatoms. The number of anilines is 3. The summed E-state index contributed by atoms with van der Waals surface area (Å²) in [5.74, 6) is 0.0739. The third-order valence-corrected chi connectivity index (χ3v) is 4.12. The van der Waals surface area contributed by atoms with Gasteiger partial charge >= 0.3 is 0 Å². The lowest BCUT2D eigenvalue weighted by molar-refractivity contribution is 0.401. The van der Waals surface area contributed by atoms with Crippen LogP contribution in [0.1, 0.15) is 0 Å². The lowest BCUT2D eigenvalue weighted by atomic mass is 10.2. The van der Waals surface area contributed by atoms with Gasteiger partial charge < -0.3 is 19.9 Å². The first-order valence-corrected chi connectivity index (χ1v) is 8.54. The Balaban J connectivity index is 1.73. The highest BCUT2D eigenvalue weighted by Crippen LogP contribution is 2.32. The molecule has 0 aliphatic carbocycles. The molecule has 2 N–H and O–H groups in total. The predicted octanol–water partition coefficient (Wildman–Crippen LogP) is 3.09. The van der Waals surface area contributed by atoms with Crippen LogP contribution in [-0.4, -0.2) is 39.3 Å². The number of nitrogens with two attached hydrogens (primary N) is 1. The fraction of sp³-hybridized carbons (Fsp3) is 0.105. The van der Waals surface area contributed by atoms with Crippen LogP contribution in [-0.2, 0) is 0 Å². The van der Waals surface area contributed by atoms with Gasteiger partial charge in [-0.25, -0.2) is 4.39 Å². The normalized spacial score (nSPS) is 10.7. The monoisotopic (exact) mass is 393 g/mol. The summed E-state index contributed by atoms with van der Waals surface area (Å²) >= 11 is 0. The van der Waals surface area contributed by atoms with Crippen LogP contribution < -0.4 is 15.4 Å². The second-order valence-electron chi connectivity index (χ2n) is 5.95. The minimum absolute atomic E-state index is 0.0115. The minimum atomic E-state index is -0.556. The molecular formula is C19H16FN7O2. The lowest BCUT2D eigenvalue weighted by Crippen LogP contribution is -2.15. The van der Waals surface area contributed by atoms with Crippen molar-refractivity contribution in [3.05, 3.63) is 54.3 Å². The average Bonchev–Trinajstić information content (AvgIpc) is 3.23. The summed E-state index contributed by atoms with van der Waals surface area (Å²) in [6.45, 7) is 0. The molecular weight excluding hydrogens is 377 g/mol. The van der Waals surface area contributed by atoms with Gasteiger partial charge in [0.2, 0.25) is 23.5 Å². The molecule has 0 fully saturated rings. The van der Waals surface area contributed by atoms with Crippen molar-refractivity contribution in [1.82, 2.24) is 25.1 Å². The molecule has 9 nitrogen and oxygen atoms in total. The number of nitrogen functional groups attached to an aromatic ring is 1. The number of para-hydroxylation sites is 1. The topological polar surface area (TPSA) is 116 Å². The Labute approximate surface area is 165 Å². The molecule has 0 aliphatic rings. The molecule has 146 valence electrons. The van der Waals surface area contributed by atoms with E-state index in [0.717, 1.165) is 5.69 Å². The van der Waals surface area contributed by atoms with Gasteiger partial charge in [-0.3, -0.25) is 0 Å². The number of benzene rings is 2. The molecule has 0 bridgehead atoms. The Kier molecular flexibility index (Phi) is 4.73. The standard InChI is InChI=1S/C19H16FN7O2/c1-27(11-7-4-3-5-8-11)19-24-15(23-18(21)25-19)16-22-17(29-26-16)14-12(20)9-6-10-13(14)28-2/h3-10H,1-2H3,(H2,21,23,24,25). The van der Waals surface area contributed by atoms with Gasteiger partial charge in [0.25, 0.3) is 5.89 Å². The van der Waals surface area contributed by atoms with Gasteiger partial charge in [0.05, 0.1) is 7.11 Å². The van der Waals surface area contributed by atoms with E-state index in [-0.39, 0.29) is 34.8 Å². The molecule has 0 amide bonds. The van der Waals surface area contributed by atoms with Crippen molar-refractivity contribution >= 4 is 17.6 Å². The fourth-order valence-corrected chi connectivity index (χ4v) is 2.70. The van der Waals surface area contributed by atoms with Crippen molar-refractivity contribution in [3.63, 3.8) is 0 Å². The van der Waals surface area contributed by atoms with Gasteiger partial charge in [-0.05, 0) is 24.3 Å². The summed E-state index contributed by atoms with van der Waals surface area (Å²) in [6.07, 6.45) is 0. The van der Waals surface area contributed by atoms with Crippen LogP contribution >= 0.6 is 0 Å². The van der Waals surface area contributed by atoms with Crippen molar-refractivity contribution in [2.24, 2.45) is 0 Å². The Morgan fingerprint density at radius 1 is 0.966 bits per heavy atom. The molecule has 0 saturated heterocycles. The Morgan fingerprint density at radius 2 is 1.76 bits per heavy atom. The van der Waals surface area contributed by atoms with Crippen LogP contribution in [0.5, 0.6) is 5.75 Å². The largest absolute Gasteiger partial charge is 0.496 e. The van der Waals surface area contributed by atoms with E-state index >= 15 is 0 Å². The Hall–Kier alpha value is -4.08. The van der Waals surface area contributed by atoms with Crippen LogP contribution in [0.25, 0.3) is 23.1 Å². The molecule has 0 atom stereocenters. The number of rotatable bonds is 5. The van der Waals surface area contributed by atoms with E-state index in [2.05, 4.69) is 25.1 Å². The maximum absolute atomic E-state index is 14.3. The van der Waals surface area contributed by atoms with Crippen molar-refractivity contribution in [2.75, 3.05) is 24.8 Å². The van der Waals surface area contributed by atoms with Gasteiger partial charge in [-0.2, -0.15) is 19.9 Å². The van der Waals surface area contributed by atoms with Crippen LogP contribution in [0.4, 0.5) is 22.0 Å². The molecule has 2 aromatic heterocycles. The van der Waals surface area contributed by atoms with Gasteiger partial charge in [-0.1, -0.05) is 29.4 Å². The third-order valence-electron chi connectivity index (χ3n) is 4.12. The van der Waals surface area contributed by atoms with Gasteiger partial charge in [-0.15, -0.1) is 0 Å². The first-order valence-electron chi connectivity index (χ1n) is 8.54. The molecule has 2 aromatic carbocycles. The van der Waals surface area contributed by atoms with Gasteiger partial charge in [0.1, 0.15) is 17.1 Å². The first kappa shape index (κ1) is 18.3. The van der Waals surface area contributed by atoms with Crippen LogP contribution in [0.2, 0.25) is 0 Å². The zero-order valence-electron chi connectivity index (χ0n) is 15.6. The van der Waals surface area contributed by atoms with Crippen molar-refractivity contribution in [2.45, 2.75) is 0 Å². The van der Waals surface area contributed by atoms with Gasteiger partial charge in [0, 0.05) is 12.7 Å². The first-order chi connectivity index (χ1) is 14.1. The second kappa shape index (κ2) is 7.50. The number of hydrogen-bond acceptors (Lipinski definition) is 9. The summed E-state index contributed by atoms with van der Waals surface area (Å²) in [6, 6.07) is 13.9. The Bertz CT molecular complexity index is 1150. The average molecular weight is 393 g/mol. The smallest absolute Gasteiger partial charge is 0.265 e. The summed E-state index contributed by atoms with van der Waals surface area (Å²) in [7, 11) is 3.22. The molecule has 0 radical (unpaired) electrons. The summed E-state index contributed by atoms with van der Waals surface area (Å²) in [5.41, 5.74) is 6.75. The van der Waals surface area contributed by atoms with E-state index in [1.807, 2.05) is 30.3 Å². The highest BCUT2D eigenvalue weighted by molar-refractivity contribution is 5.65. The van der Waals surface area contributed by atoms with E-state index in [1.54, 1.807) is 18.0 Å². The van der Waals surface area contributed by atoms with Crippen LogP contribution in [0.15, 0.2) is 53.1 Å². The molecule has 0 unspecified atom stereocenters. The molecule has 4 rings (SSSR count). The minimum Gasteiger partial charge on any atom is -0.496 e. The van der Waals surface area contributed by atoms with Crippen LogP contribution in [0.3, 0.4) is 0 Å². The number of hydrogen-bond donors (Lipinski definition) is 1. The molecule has 0 spiro atoms. The summed E-state index contributed by atoms with van der Waals surface area (Å²) in [5, 5.41) is 3.86. The highest BCUT2D eigenvalue weighted by Gasteiger charge is 2.21. The van der Waals surface area contributed by atoms with E-state index in [0.29, 0.717) is 5.95 Å². The predicted molar refractivity (Wildman–Crippen MR) is 104 cm³/mol. The number of nitrogens with zero attached hydrogens (tertiary/aromatic N) is 6. The van der Waals surface area contributed by atoms with E-state index in [4.69, 9.17) is 15.0 Å². The number of halogens is 1. The molecule has 2 heterocycles. The maximum atomic E-state index is 14.3. The zero-order chi connectivity index (χ0) is 20.4. The molecule has 0 aliphatic heterocycles. The quantitative estimate of drug-likeness (QED) is 0.546. The lowest BCUT2D eigenvalue weighted by Gasteiger charge is -2.17. The molecule has 0 saturated carbocycles. The summed E-state index contributed by atoms with van der Waals surface area (Å²) < 4.78 is 24.7. The number of aromatic nitrogens is 5. The molecule has 4 aromatic rings. The van der Waals surface area contributed by atoms with Crippen molar-refractivity contribution in [3.8, 4) is 28.9 Å². The fourth-order valence-electron chi connectivity index (χ4n) is 2.70. The highest BCUT2D eigenvalue weighted by atomic mass is 19.1. The van der Waals surface area contributed by atoms with Crippen molar-refractivity contribution < 1.29 is 13.7 Å². The number of ether oxygens (including phenoxy) is 1. The summed E-state index contributed by atoms with van der Waals surface area (Å²) in [4.78, 5) is 18.5. The van der Waals surface area contributed by atoms with Crippen molar-refractivity contribution in [1.29, 1.82) is 0 Å². The van der Waals surface area contributed by atoms with Gasteiger partial charge in [0.15, 0.2) is 0 Å². The third kappa shape index (κ3) is 3.55. The van der Waals surface area contributed by atoms with E-state index in [1.165, 1.54) is 19.2 Å². The van der Waals surface area contributed by atoms with E-state index < -0.39 is 5.82 Å². The molecule has 29 heavy (non-hydrogen) atoms. The van der Waals surface area contributed by atoms with E-state index in [9.17, 15) is 4.39 Å². The van der Waals surface area contributed by atoms with Crippen LogP contribution in [0, 0.1) is 5.82 Å². The number of methoxy groups -OCH3 is 1. The zero-order valence-corrected chi connectivity index (χ0v) is 15.6. The SMILES string of the molecule is COc1cccc(F)c1-c1nc(-c2nc(N)nc(N(C)c3ccccc3)n2)no1. The second-order valence-corrected chi connectivity index (χ2v) is 5.95. The Morgan fingerprint density at radius 3 is 2.52 bits per heavy atom. The maximum Gasteiger partial charge on any atom is 0.265 e.